The highest BCUT2D eigenvalue weighted by atomic mass is 16.5. The van der Waals surface area contributed by atoms with Crippen molar-refractivity contribution < 1.29 is 4.74 Å². The van der Waals surface area contributed by atoms with E-state index in [1.54, 1.807) is 14.0 Å². The Kier molecular flexibility index (Phi) is 3.40. The van der Waals surface area contributed by atoms with E-state index in [0.29, 0.717) is 12.0 Å². The quantitative estimate of drug-likeness (QED) is 0.743. The minimum absolute atomic E-state index is 0.208. The SMILES string of the molecule is COCC1(C)N=c2c(=O)[nH]c(=O)n(CC(C)C)c2=N1. The molecule has 0 aromatic carbocycles. The average molecular weight is 266 g/mol. The second kappa shape index (κ2) is 4.73. The normalized spacial score (nSPS) is 21.1. The lowest BCUT2D eigenvalue weighted by Gasteiger charge is -2.15. The van der Waals surface area contributed by atoms with E-state index in [9.17, 15) is 9.59 Å². The van der Waals surface area contributed by atoms with Crippen molar-refractivity contribution in [1.29, 1.82) is 0 Å². The van der Waals surface area contributed by atoms with Crippen molar-refractivity contribution in [2.75, 3.05) is 13.7 Å². The molecule has 7 heteroatoms. The Morgan fingerprint density at radius 2 is 2.05 bits per heavy atom. The number of hydrogen-bond acceptors (Lipinski definition) is 5. The molecule has 0 radical (unpaired) electrons. The zero-order valence-electron chi connectivity index (χ0n) is 11.6. The molecule has 1 aliphatic heterocycles. The van der Waals surface area contributed by atoms with Crippen LogP contribution in [0.15, 0.2) is 19.6 Å². The molecule has 1 aromatic heterocycles. The first-order valence-electron chi connectivity index (χ1n) is 6.18. The molecular weight excluding hydrogens is 248 g/mol. The zero-order chi connectivity index (χ0) is 14.2. The van der Waals surface area contributed by atoms with Gasteiger partial charge < -0.3 is 4.74 Å². The maximum absolute atomic E-state index is 11.9. The number of H-pyrrole nitrogens is 1. The molecule has 0 saturated carbocycles. The third kappa shape index (κ3) is 2.51. The molecular formula is C12H18N4O3. The number of hydrogen-bond donors (Lipinski definition) is 1. The van der Waals surface area contributed by atoms with Crippen molar-refractivity contribution >= 4 is 0 Å². The predicted molar refractivity (Wildman–Crippen MR) is 68.8 cm³/mol. The van der Waals surface area contributed by atoms with Crippen LogP contribution in [0.4, 0.5) is 0 Å². The summed E-state index contributed by atoms with van der Waals surface area (Å²) in [7, 11) is 1.55. The number of nitrogens with zero attached hydrogens (tertiary/aromatic N) is 3. The van der Waals surface area contributed by atoms with Crippen molar-refractivity contribution in [2.45, 2.75) is 33.0 Å². The van der Waals surface area contributed by atoms with Gasteiger partial charge in [-0.3, -0.25) is 14.3 Å². The van der Waals surface area contributed by atoms with Crippen LogP contribution in [0.5, 0.6) is 0 Å². The van der Waals surface area contributed by atoms with Gasteiger partial charge in [0.25, 0.3) is 5.56 Å². The van der Waals surface area contributed by atoms with Gasteiger partial charge in [-0.05, 0) is 12.8 Å². The molecule has 104 valence electrons. The van der Waals surface area contributed by atoms with E-state index in [1.165, 1.54) is 4.57 Å². The fourth-order valence-corrected chi connectivity index (χ4v) is 2.13. The summed E-state index contributed by atoms with van der Waals surface area (Å²) in [5.74, 6) is 0.261. The largest absolute Gasteiger partial charge is 0.380 e. The van der Waals surface area contributed by atoms with Gasteiger partial charge in [-0.2, -0.15) is 0 Å². The first kappa shape index (κ1) is 13.7. The van der Waals surface area contributed by atoms with Crippen LogP contribution in [0.25, 0.3) is 0 Å². The molecule has 0 saturated heterocycles. The molecule has 1 aliphatic rings. The Morgan fingerprint density at radius 1 is 1.37 bits per heavy atom. The van der Waals surface area contributed by atoms with E-state index in [-0.39, 0.29) is 17.9 Å². The molecule has 0 aliphatic carbocycles. The van der Waals surface area contributed by atoms with E-state index in [0.717, 1.165) is 0 Å². The second-order valence-electron chi connectivity index (χ2n) is 5.31. The summed E-state index contributed by atoms with van der Waals surface area (Å²) in [6.45, 7) is 6.49. The molecule has 19 heavy (non-hydrogen) atoms. The van der Waals surface area contributed by atoms with Crippen molar-refractivity contribution in [3.8, 4) is 0 Å². The van der Waals surface area contributed by atoms with Crippen LogP contribution in [-0.2, 0) is 11.3 Å². The van der Waals surface area contributed by atoms with Gasteiger partial charge in [-0.1, -0.05) is 13.8 Å². The minimum atomic E-state index is -0.837. The number of aromatic nitrogens is 2. The molecule has 2 rings (SSSR count). The molecule has 1 N–H and O–H groups in total. The Labute approximate surface area is 109 Å². The molecule has 0 fully saturated rings. The maximum atomic E-state index is 11.9. The van der Waals surface area contributed by atoms with Crippen LogP contribution in [0.3, 0.4) is 0 Å². The minimum Gasteiger partial charge on any atom is -0.380 e. The lowest BCUT2D eigenvalue weighted by molar-refractivity contribution is 0.145. The van der Waals surface area contributed by atoms with Crippen LogP contribution in [0.2, 0.25) is 0 Å². The first-order valence-corrected chi connectivity index (χ1v) is 6.18. The number of ether oxygens (including phenoxy) is 1. The van der Waals surface area contributed by atoms with Crippen molar-refractivity contribution in [2.24, 2.45) is 15.9 Å². The zero-order valence-corrected chi connectivity index (χ0v) is 11.6. The fraction of sp³-hybridized carbons (Fsp3) is 0.667. The van der Waals surface area contributed by atoms with Gasteiger partial charge in [0.05, 0.1) is 6.61 Å². The smallest absolute Gasteiger partial charge is 0.330 e. The summed E-state index contributed by atoms with van der Waals surface area (Å²) < 4.78 is 6.53. The Hall–Kier alpha value is -1.76. The van der Waals surface area contributed by atoms with Gasteiger partial charge >= 0.3 is 5.69 Å². The third-order valence-corrected chi connectivity index (χ3v) is 2.81. The number of nitrogens with one attached hydrogen (secondary N) is 1. The topological polar surface area (TPSA) is 88.8 Å². The second-order valence-corrected chi connectivity index (χ2v) is 5.31. The van der Waals surface area contributed by atoms with E-state index in [1.807, 2.05) is 13.8 Å². The Bertz CT molecular complexity index is 716. The molecule has 1 aromatic rings. The number of methoxy groups -OCH3 is 1. The van der Waals surface area contributed by atoms with Crippen LogP contribution >= 0.6 is 0 Å². The molecule has 7 nitrogen and oxygen atoms in total. The number of fused-ring (bicyclic) bond motifs is 1. The van der Waals surface area contributed by atoms with Crippen molar-refractivity contribution in [3.63, 3.8) is 0 Å². The maximum Gasteiger partial charge on any atom is 0.330 e. The van der Waals surface area contributed by atoms with E-state index < -0.39 is 16.9 Å². The summed E-state index contributed by atoms with van der Waals surface area (Å²) in [4.78, 5) is 34.6. The molecule has 0 bridgehead atoms. The van der Waals surface area contributed by atoms with Crippen molar-refractivity contribution in [1.82, 2.24) is 9.55 Å². The van der Waals surface area contributed by atoms with Gasteiger partial charge in [0.15, 0.2) is 16.5 Å². The molecule has 0 spiro atoms. The first-order chi connectivity index (χ1) is 8.86. The highest BCUT2D eigenvalue weighted by molar-refractivity contribution is 4.97. The van der Waals surface area contributed by atoms with Crippen LogP contribution < -0.4 is 22.1 Å². The van der Waals surface area contributed by atoms with Gasteiger partial charge in [-0.25, -0.2) is 14.8 Å². The van der Waals surface area contributed by atoms with Gasteiger partial charge in [0.1, 0.15) is 0 Å². The predicted octanol–water partition coefficient (Wildman–Crippen LogP) is -1.19. The lowest BCUT2D eigenvalue weighted by atomic mass is 10.2. The molecule has 2 heterocycles. The lowest BCUT2D eigenvalue weighted by Crippen LogP contribution is -2.53. The monoisotopic (exact) mass is 266 g/mol. The highest BCUT2D eigenvalue weighted by Crippen LogP contribution is 2.11. The molecule has 0 amide bonds. The Balaban J connectivity index is 2.73. The van der Waals surface area contributed by atoms with Gasteiger partial charge in [0.2, 0.25) is 0 Å². The van der Waals surface area contributed by atoms with Crippen LogP contribution in [0.1, 0.15) is 20.8 Å². The number of aromatic amines is 1. The summed E-state index contributed by atoms with van der Waals surface area (Å²) >= 11 is 0. The van der Waals surface area contributed by atoms with Gasteiger partial charge in [0, 0.05) is 13.7 Å². The number of rotatable bonds is 4. The summed E-state index contributed by atoms with van der Waals surface area (Å²) in [6.07, 6.45) is 0. The van der Waals surface area contributed by atoms with E-state index >= 15 is 0 Å². The Morgan fingerprint density at radius 3 is 2.63 bits per heavy atom. The summed E-state index contributed by atoms with van der Waals surface area (Å²) in [5.41, 5.74) is -1.43. The molecule has 1 atom stereocenters. The van der Waals surface area contributed by atoms with Crippen molar-refractivity contribution in [3.05, 3.63) is 31.7 Å². The average Bonchev–Trinajstić information content (AvgIpc) is 2.63. The van der Waals surface area contributed by atoms with Gasteiger partial charge in [-0.15, -0.1) is 0 Å². The van der Waals surface area contributed by atoms with E-state index in [2.05, 4.69) is 15.0 Å². The van der Waals surface area contributed by atoms with Crippen LogP contribution in [-0.4, -0.2) is 28.9 Å². The standard InChI is InChI=1S/C12H18N4O3/c1-7(2)5-16-9-8(10(17)13-11(16)18)14-12(3,15-9)6-19-4/h7H,5-6H2,1-4H3,(H,13,17,18). The van der Waals surface area contributed by atoms with E-state index in [4.69, 9.17) is 4.74 Å². The third-order valence-electron chi connectivity index (χ3n) is 2.81. The fourth-order valence-electron chi connectivity index (χ4n) is 2.13. The molecule has 1 unspecified atom stereocenters. The van der Waals surface area contributed by atoms with Crippen LogP contribution in [0, 0.1) is 5.92 Å². The summed E-state index contributed by atoms with van der Waals surface area (Å²) in [6, 6.07) is 0. The highest BCUT2D eigenvalue weighted by Gasteiger charge is 2.28. The summed E-state index contributed by atoms with van der Waals surface area (Å²) in [5, 5.41) is 0.208.